The zero-order valence-corrected chi connectivity index (χ0v) is 26.3. The van der Waals surface area contributed by atoms with Crippen molar-refractivity contribution in [2.75, 3.05) is 20.2 Å². The van der Waals surface area contributed by atoms with Crippen molar-refractivity contribution < 1.29 is 17.9 Å². The van der Waals surface area contributed by atoms with Crippen molar-refractivity contribution in [2.24, 2.45) is 38.7 Å². The number of fused-ring (bicyclic) bond motifs is 1. The molecule has 4 rings (SSSR count). The van der Waals surface area contributed by atoms with E-state index in [4.69, 9.17) is 45.0 Å². The minimum absolute atomic E-state index is 0.0340. The van der Waals surface area contributed by atoms with Gasteiger partial charge in [0.1, 0.15) is 17.3 Å². The molecule has 0 saturated heterocycles. The normalized spacial score (nSPS) is 11.5. The Morgan fingerprint density at radius 2 is 1.74 bits per heavy atom. The third-order valence-electron chi connectivity index (χ3n) is 6.66. The van der Waals surface area contributed by atoms with Crippen LogP contribution in [0.2, 0.25) is 5.02 Å². The standard InChI is InChI=1S/C28H31ClF3N7O2.C2H7N3/c1-15(33)4-2-5-16-8-19(25(32)21(29)9-16)24-10-17-13-39(28(40)38-26(17)37-24)18-11-22(30)20(23(31)12-18)14-41-7-3-6-36-27(34)35;1-5-2(3)4/h8-13,15H,2-7,14,33H2,1H3,(H4,34,35,36)(H,37,38,40);1H3,(H4,3,4,5). The quantitative estimate of drug-likeness (QED) is 0.0750. The van der Waals surface area contributed by atoms with Crippen LogP contribution in [0, 0.1) is 17.5 Å². The number of aryl methyl sites for hydroxylation is 1. The Kier molecular flexibility index (Phi) is 13.0. The Hall–Kier alpha value is -4.60. The molecule has 1 atom stereocenters. The minimum atomic E-state index is -0.886. The number of nitrogens with one attached hydrogen (secondary N) is 1. The van der Waals surface area contributed by atoms with Gasteiger partial charge in [0.25, 0.3) is 0 Å². The zero-order valence-electron chi connectivity index (χ0n) is 25.5. The summed E-state index contributed by atoms with van der Waals surface area (Å²) in [6.07, 6.45) is 4.12. The van der Waals surface area contributed by atoms with Gasteiger partial charge in [0.05, 0.1) is 23.0 Å². The molecule has 1 unspecified atom stereocenters. The zero-order chi connectivity index (χ0) is 34.0. The highest BCUT2D eigenvalue weighted by molar-refractivity contribution is 6.31. The van der Waals surface area contributed by atoms with Crippen LogP contribution in [-0.4, -0.2) is 52.7 Å². The summed E-state index contributed by atoms with van der Waals surface area (Å²) in [5, 5.41) is 0.389. The van der Waals surface area contributed by atoms with E-state index in [1.165, 1.54) is 13.2 Å². The van der Waals surface area contributed by atoms with Gasteiger partial charge in [-0.1, -0.05) is 11.6 Å². The van der Waals surface area contributed by atoms with Crippen LogP contribution in [0.1, 0.15) is 37.3 Å². The first kappa shape index (κ1) is 35.9. The number of aromatic amines is 1. The first-order chi connectivity index (χ1) is 21.8. The molecule has 0 amide bonds. The molecule has 248 valence electrons. The number of ether oxygens (including phenoxy) is 1. The van der Waals surface area contributed by atoms with E-state index in [1.54, 1.807) is 18.2 Å². The van der Waals surface area contributed by atoms with Crippen LogP contribution in [0.3, 0.4) is 0 Å². The highest BCUT2D eigenvalue weighted by Gasteiger charge is 2.17. The lowest BCUT2D eigenvalue weighted by molar-refractivity contribution is 0.115. The van der Waals surface area contributed by atoms with E-state index in [-0.39, 0.29) is 58.7 Å². The second-order valence-corrected chi connectivity index (χ2v) is 10.8. The monoisotopic (exact) mass is 662 g/mol. The summed E-state index contributed by atoms with van der Waals surface area (Å²) in [6, 6.07) is 6.96. The molecule has 12 nitrogen and oxygen atoms in total. The summed E-state index contributed by atoms with van der Waals surface area (Å²) in [4.78, 5) is 26.9. The molecule has 0 aliphatic carbocycles. The first-order valence-electron chi connectivity index (χ1n) is 14.3. The Morgan fingerprint density at radius 1 is 1.07 bits per heavy atom. The van der Waals surface area contributed by atoms with Gasteiger partial charge in [-0.3, -0.25) is 14.6 Å². The van der Waals surface area contributed by atoms with Gasteiger partial charge in [0, 0.05) is 49.0 Å². The fourth-order valence-electron chi connectivity index (χ4n) is 4.35. The molecule has 2 aromatic carbocycles. The van der Waals surface area contributed by atoms with Crippen LogP contribution in [0.5, 0.6) is 0 Å². The molecule has 0 saturated carbocycles. The van der Waals surface area contributed by atoms with E-state index in [0.717, 1.165) is 35.1 Å². The second kappa shape index (κ2) is 16.6. The van der Waals surface area contributed by atoms with Crippen molar-refractivity contribution in [1.29, 1.82) is 0 Å². The van der Waals surface area contributed by atoms with Gasteiger partial charge in [-0.15, -0.1) is 0 Å². The first-order valence-corrected chi connectivity index (χ1v) is 14.6. The molecule has 4 aromatic rings. The Labute approximate surface area is 268 Å². The van der Waals surface area contributed by atoms with Gasteiger partial charge < -0.3 is 38.4 Å². The van der Waals surface area contributed by atoms with Crippen LogP contribution >= 0.6 is 11.6 Å². The number of guanidine groups is 2. The van der Waals surface area contributed by atoms with Crippen LogP contribution < -0.4 is 34.4 Å². The Bertz CT molecular complexity index is 1740. The number of benzene rings is 2. The van der Waals surface area contributed by atoms with Crippen molar-refractivity contribution in [3.63, 3.8) is 0 Å². The fraction of sp³-hybridized carbons (Fsp3) is 0.333. The summed E-state index contributed by atoms with van der Waals surface area (Å²) in [5.41, 5.74) is 26.4. The molecule has 16 heteroatoms. The average Bonchev–Trinajstić information content (AvgIpc) is 3.39. The summed E-state index contributed by atoms with van der Waals surface area (Å²) >= 11 is 6.17. The third kappa shape index (κ3) is 9.95. The van der Waals surface area contributed by atoms with Gasteiger partial charge in [-0.2, -0.15) is 4.98 Å². The van der Waals surface area contributed by atoms with E-state index in [2.05, 4.69) is 20.0 Å². The number of hydrogen-bond donors (Lipinski definition) is 6. The number of aromatic nitrogens is 3. The predicted molar refractivity (Wildman–Crippen MR) is 175 cm³/mol. The van der Waals surface area contributed by atoms with E-state index < -0.39 is 23.1 Å². The summed E-state index contributed by atoms with van der Waals surface area (Å²) < 4.78 is 51.0. The number of H-pyrrole nitrogens is 1. The largest absolute Gasteiger partial charge is 0.376 e. The van der Waals surface area contributed by atoms with Crippen molar-refractivity contribution in [3.8, 4) is 16.9 Å². The predicted octanol–water partition coefficient (Wildman–Crippen LogP) is 3.19. The fourth-order valence-corrected chi connectivity index (χ4v) is 4.60. The maximum atomic E-state index is 15.0. The molecule has 0 aliphatic rings. The number of nitrogens with two attached hydrogens (primary N) is 5. The summed E-state index contributed by atoms with van der Waals surface area (Å²) in [5.74, 6) is -2.31. The lowest BCUT2D eigenvalue weighted by Gasteiger charge is -2.10. The van der Waals surface area contributed by atoms with Crippen LogP contribution in [-0.2, 0) is 17.8 Å². The van der Waals surface area contributed by atoms with Crippen molar-refractivity contribution >= 4 is 34.6 Å². The number of hydrogen-bond acceptors (Lipinski definition) is 6. The van der Waals surface area contributed by atoms with Gasteiger partial charge in [0.2, 0.25) is 0 Å². The molecule has 0 radical (unpaired) electrons. The molecule has 2 heterocycles. The average molecular weight is 663 g/mol. The van der Waals surface area contributed by atoms with Gasteiger partial charge in [0.15, 0.2) is 17.7 Å². The maximum Gasteiger partial charge on any atom is 0.354 e. The van der Waals surface area contributed by atoms with E-state index in [1.807, 2.05) is 6.92 Å². The smallest absolute Gasteiger partial charge is 0.354 e. The van der Waals surface area contributed by atoms with E-state index in [9.17, 15) is 13.6 Å². The number of halogens is 4. The second-order valence-electron chi connectivity index (χ2n) is 10.4. The van der Waals surface area contributed by atoms with Crippen molar-refractivity contribution in [2.45, 2.75) is 45.3 Å². The van der Waals surface area contributed by atoms with Gasteiger partial charge in [-0.25, -0.2) is 18.0 Å². The highest BCUT2D eigenvalue weighted by atomic mass is 35.5. The molecule has 0 aliphatic heterocycles. The summed E-state index contributed by atoms with van der Waals surface area (Å²) in [6.45, 7) is 2.12. The number of nitrogens with zero attached hydrogens (tertiary/aromatic N) is 4. The lowest BCUT2D eigenvalue weighted by atomic mass is 10.0. The molecule has 0 bridgehead atoms. The highest BCUT2D eigenvalue weighted by Crippen LogP contribution is 2.31. The van der Waals surface area contributed by atoms with Gasteiger partial charge in [-0.05, 0) is 68.5 Å². The topological polar surface area (TPSA) is 215 Å². The molecule has 0 spiro atoms. The van der Waals surface area contributed by atoms with Gasteiger partial charge >= 0.3 is 5.69 Å². The molecule has 11 N–H and O–H groups in total. The molecular formula is C30H38ClF3N10O2. The van der Waals surface area contributed by atoms with Crippen molar-refractivity contribution in [1.82, 2.24) is 14.5 Å². The maximum absolute atomic E-state index is 15.0. The molecule has 2 aromatic heterocycles. The van der Waals surface area contributed by atoms with Crippen LogP contribution in [0.25, 0.3) is 28.0 Å². The molecule has 0 fully saturated rings. The Balaban J connectivity index is 0.00000107. The van der Waals surface area contributed by atoms with E-state index >= 15 is 4.39 Å². The SMILES string of the molecule is CC(N)CCCc1cc(Cl)c(F)c(-c2cc3cn(-c4cc(F)c(COCCCN=C(N)N)c(F)c4)c(=O)nc3[nH]2)c1.CN=C(N)N. The minimum Gasteiger partial charge on any atom is -0.376 e. The van der Waals surface area contributed by atoms with E-state index in [0.29, 0.717) is 30.5 Å². The summed E-state index contributed by atoms with van der Waals surface area (Å²) in [7, 11) is 1.54. The molecule has 46 heavy (non-hydrogen) atoms. The lowest BCUT2D eigenvalue weighted by Crippen LogP contribution is -2.23. The third-order valence-corrected chi connectivity index (χ3v) is 6.94. The number of rotatable bonds is 12. The van der Waals surface area contributed by atoms with Crippen LogP contribution in [0.15, 0.2) is 51.3 Å². The number of aliphatic imine (C=N–C) groups is 2. The molecular weight excluding hydrogens is 625 g/mol. The Morgan fingerprint density at radius 3 is 2.35 bits per heavy atom. The van der Waals surface area contributed by atoms with Crippen LogP contribution in [0.4, 0.5) is 13.2 Å². The van der Waals surface area contributed by atoms with Crippen molar-refractivity contribution in [3.05, 3.63) is 80.6 Å².